The van der Waals surface area contributed by atoms with Gasteiger partial charge in [0.1, 0.15) is 11.5 Å². The van der Waals surface area contributed by atoms with E-state index in [0.29, 0.717) is 30.3 Å². The molecule has 0 unspecified atom stereocenters. The van der Waals surface area contributed by atoms with Crippen molar-refractivity contribution in [2.45, 2.75) is 32.6 Å². The van der Waals surface area contributed by atoms with Gasteiger partial charge in [-0.05, 0) is 30.5 Å². The predicted octanol–water partition coefficient (Wildman–Crippen LogP) is 3.11. The summed E-state index contributed by atoms with van der Waals surface area (Å²) in [6.45, 7) is 6.64. The van der Waals surface area contributed by atoms with Gasteiger partial charge in [-0.1, -0.05) is 13.8 Å². The first-order valence-corrected chi connectivity index (χ1v) is 7.41. The van der Waals surface area contributed by atoms with Gasteiger partial charge in [0.2, 0.25) is 0 Å². The van der Waals surface area contributed by atoms with E-state index < -0.39 is 11.4 Å². The number of methoxy groups -OCH3 is 2. The summed E-state index contributed by atoms with van der Waals surface area (Å²) in [7, 11) is 3.20. The molecule has 1 aromatic rings. The maximum Gasteiger partial charge on any atom is 0.314 e. The van der Waals surface area contributed by atoms with Gasteiger partial charge in [-0.15, -0.1) is 0 Å². The molecule has 0 saturated heterocycles. The molecule has 0 aliphatic carbocycles. The Balaban J connectivity index is 3.11. The van der Waals surface area contributed by atoms with Crippen molar-refractivity contribution in [3.8, 4) is 11.5 Å². The normalized spacial score (nSPS) is 13.7. The fourth-order valence-corrected chi connectivity index (χ4v) is 2.17. The lowest BCUT2D eigenvalue weighted by molar-refractivity contribution is -0.145. The molecule has 1 aromatic carbocycles. The molecule has 124 valence electrons. The van der Waals surface area contributed by atoms with E-state index in [1.807, 2.05) is 13.8 Å². The number of ether oxygens (including phenoxy) is 3. The van der Waals surface area contributed by atoms with Crippen molar-refractivity contribution >= 4 is 5.97 Å². The number of aliphatic carboxylic acids is 1. The van der Waals surface area contributed by atoms with Crippen LogP contribution in [0.5, 0.6) is 11.5 Å². The highest BCUT2D eigenvalue weighted by Gasteiger charge is 2.39. The molecule has 0 fully saturated rings. The highest BCUT2D eigenvalue weighted by atomic mass is 16.5. The van der Waals surface area contributed by atoms with Crippen LogP contribution in [0.4, 0.5) is 0 Å². The first-order chi connectivity index (χ1) is 10.4. The maximum atomic E-state index is 11.8. The number of carboxylic acids is 1. The molecule has 22 heavy (non-hydrogen) atoms. The lowest BCUT2D eigenvalue weighted by Crippen LogP contribution is -2.37. The van der Waals surface area contributed by atoms with E-state index in [1.54, 1.807) is 39.3 Å². The van der Waals surface area contributed by atoms with Gasteiger partial charge in [-0.25, -0.2) is 0 Å². The van der Waals surface area contributed by atoms with E-state index in [9.17, 15) is 9.90 Å². The summed E-state index contributed by atoms with van der Waals surface area (Å²) in [5, 5.41) is 9.66. The van der Waals surface area contributed by atoms with Crippen LogP contribution < -0.4 is 9.47 Å². The predicted molar refractivity (Wildman–Crippen MR) is 84.8 cm³/mol. The SMILES string of the molecule is COCCCOc1cc(OC)cc([C@](C)(C(=O)O)C(C)C)c1. The molecule has 0 amide bonds. The summed E-state index contributed by atoms with van der Waals surface area (Å²) in [5.74, 6) is 0.269. The van der Waals surface area contributed by atoms with Gasteiger partial charge in [-0.2, -0.15) is 0 Å². The maximum absolute atomic E-state index is 11.8. The lowest BCUT2D eigenvalue weighted by atomic mass is 9.73. The number of hydrogen-bond acceptors (Lipinski definition) is 4. The summed E-state index contributed by atoms with van der Waals surface area (Å²) in [5.41, 5.74) is -0.324. The molecule has 0 aliphatic heterocycles. The van der Waals surface area contributed by atoms with Crippen molar-refractivity contribution in [1.29, 1.82) is 0 Å². The van der Waals surface area contributed by atoms with Crippen LogP contribution in [0, 0.1) is 5.92 Å². The molecule has 1 atom stereocenters. The van der Waals surface area contributed by atoms with E-state index in [1.165, 1.54) is 0 Å². The van der Waals surface area contributed by atoms with Crippen LogP contribution in [0.2, 0.25) is 0 Å². The highest BCUT2D eigenvalue weighted by Crippen LogP contribution is 2.36. The monoisotopic (exact) mass is 310 g/mol. The third-order valence-corrected chi connectivity index (χ3v) is 4.08. The van der Waals surface area contributed by atoms with Crippen molar-refractivity contribution in [2.75, 3.05) is 27.4 Å². The second kappa shape index (κ2) is 8.03. The van der Waals surface area contributed by atoms with Crippen LogP contribution in [-0.4, -0.2) is 38.5 Å². The summed E-state index contributed by atoms with van der Waals surface area (Å²) < 4.78 is 16.0. The van der Waals surface area contributed by atoms with Crippen molar-refractivity contribution in [1.82, 2.24) is 0 Å². The Morgan fingerprint density at radius 1 is 1.18 bits per heavy atom. The minimum Gasteiger partial charge on any atom is -0.497 e. The van der Waals surface area contributed by atoms with Gasteiger partial charge in [0.15, 0.2) is 0 Å². The van der Waals surface area contributed by atoms with Crippen molar-refractivity contribution in [3.05, 3.63) is 23.8 Å². The Bertz CT molecular complexity index is 498. The Hall–Kier alpha value is -1.75. The fraction of sp³-hybridized carbons (Fsp3) is 0.588. The second-order valence-electron chi connectivity index (χ2n) is 5.75. The zero-order chi connectivity index (χ0) is 16.8. The molecule has 1 N–H and O–H groups in total. The Kier molecular flexibility index (Phi) is 6.68. The molecule has 5 heteroatoms. The van der Waals surface area contributed by atoms with Crippen LogP contribution in [0.3, 0.4) is 0 Å². The first kappa shape index (κ1) is 18.3. The number of rotatable bonds is 9. The van der Waals surface area contributed by atoms with Crippen LogP contribution in [-0.2, 0) is 14.9 Å². The van der Waals surface area contributed by atoms with Gasteiger partial charge in [-0.3, -0.25) is 4.79 Å². The van der Waals surface area contributed by atoms with Gasteiger partial charge in [0.25, 0.3) is 0 Å². The first-order valence-electron chi connectivity index (χ1n) is 7.41. The van der Waals surface area contributed by atoms with Crippen molar-refractivity contribution in [2.24, 2.45) is 5.92 Å². The van der Waals surface area contributed by atoms with Crippen LogP contribution in [0.15, 0.2) is 18.2 Å². The van der Waals surface area contributed by atoms with Crippen LogP contribution in [0.25, 0.3) is 0 Å². The average molecular weight is 310 g/mol. The number of carboxylic acid groups (broad SMARTS) is 1. The second-order valence-corrected chi connectivity index (χ2v) is 5.75. The van der Waals surface area contributed by atoms with E-state index in [-0.39, 0.29) is 5.92 Å². The number of benzene rings is 1. The van der Waals surface area contributed by atoms with Gasteiger partial charge in [0, 0.05) is 26.2 Å². The Morgan fingerprint density at radius 3 is 2.32 bits per heavy atom. The quantitative estimate of drug-likeness (QED) is 0.710. The third-order valence-electron chi connectivity index (χ3n) is 4.08. The van der Waals surface area contributed by atoms with E-state index >= 15 is 0 Å². The molecule has 0 spiro atoms. The fourth-order valence-electron chi connectivity index (χ4n) is 2.17. The standard InChI is InChI=1S/C17H26O5/c1-12(2)17(3,16(18)19)13-9-14(21-5)11-15(10-13)22-8-6-7-20-4/h9-12H,6-8H2,1-5H3,(H,18,19)/t17-/m1/s1. The smallest absolute Gasteiger partial charge is 0.314 e. The largest absolute Gasteiger partial charge is 0.497 e. The molecule has 1 rings (SSSR count). The molecule has 0 heterocycles. The molecular formula is C17H26O5. The zero-order valence-corrected chi connectivity index (χ0v) is 14.0. The van der Waals surface area contributed by atoms with Crippen molar-refractivity contribution in [3.63, 3.8) is 0 Å². The van der Waals surface area contributed by atoms with Crippen LogP contribution in [0.1, 0.15) is 32.8 Å². The zero-order valence-electron chi connectivity index (χ0n) is 14.0. The van der Waals surface area contributed by atoms with E-state index in [4.69, 9.17) is 14.2 Å². The molecule has 0 radical (unpaired) electrons. The molecule has 0 aliphatic rings. The van der Waals surface area contributed by atoms with E-state index in [2.05, 4.69) is 0 Å². The third kappa shape index (κ3) is 4.13. The topological polar surface area (TPSA) is 65.0 Å². The molecule has 0 saturated carbocycles. The Labute approximate surface area is 132 Å². The minimum atomic E-state index is -1.00. The molecule has 5 nitrogen and oxygen atoms in total. The van der Waals surface area contributed by atoms with Gasteiger partial charge in [0.05, 0.1) is 19.1 Å². The van der Waals surface area contributed by atoms with Crippen LogP contribution >= 0.6 is 0 Å². The molecule has 0 bridgehead atoms. The van der Waals surface area contributed by atoms with Gasteiger partial charge >= 0.3 is 5.97 Å². The number of hydrogen-bond donors (Lipinski definition) is 1. The summed E-state index contributed by atoms with van der Waals surface area (Å²) in [4.78, 5) is 11.8. The van der Waals surface area contributed by atoms with Crippen molar-refractivity contribution < 1.29 is 24.1 Å². The summed E-state index contributed by atoms with van der Waals surface area (Å²) in [6.07, 6.45) is 0.767. The molecule has 0 aromatic heterocycles. The molecular weight excluding hydrogens is 284 g/mol. The highest BCUT2D eigenvalue weighted by molar-refractivity contribution is 5.81. The summed E-state index contributed by atoms with van der Waals surface area (Å²) in [6, 6.07) is 5.30. The number of carbonyl (C=O) groups is 1. The Morgan fingerprint density at radius 2 is 1.82 bits per heavy atom. The summed E-state index contributed by atoms with van der Waals surface area (Å²) >= 11 is 0. The minimum absolute atomic E-state index is 0.0709. The lowest BCUT2D eigenvalue weighted by Gasteiger charge is -2.30. The average Bonchev–Trinajstić information content (AvgIpc) is 2.49. The van der Waals surface area contributed by atoms with E-state index in [0.717, 1.165) is 6.42 Å². The van der Waals surface area contributed by atoms with Gasteiger partial charge < -0.3 is 19.3 Å².